The summed E-state index contributed by atoms with van der Waals surface area (Å²) in [5.74, 6) is 0.0320. The van der Waals surface area contributed by atoms with Crippen LogP contribution in [0.15, 0.2) is 29.8 Å². The molecule has 82 valence electrons. The second kappa shape index (κ2) is 4.51. The van der Waals surface area contributed by atoms with Gasteiger partial charge in [-0.3, -0.25) is 0 Å². The van der Waals surface area contributed by atoms with E-state index in [4.69, 9.17) is 22.1 Å². The standard InChI is InChI=1S/C10H7ClN2O2S/c11-6-2-1-3-7(4-6)15-10(14)8-9(12)13-5-16-8/h1-5H,12H2. The van der Waals surface area contributed by atoms with Crippen LogP contribution in [-0.4, -0.2) is 11.0 Å². The molecule has 0 aliphatic carbocycles. The number of thiazole rings is 1. The molecule has 0 amide bonds. The molecule has 0 aliphatic rings. The Morgan fingerprint density at radius 2 is 2.31 bits per heavy atom. The SMILES string of the molecule is Nc1ncsc1C(=O)Oc1cccc(Cl)c1. The highest BCUT2D eigenvalue weighted by Gasteiger charge is 2.14. The van der Waals surface area contributed by atoms with Gasteiger partial charge in [-0.1, -0.05) is 17.7 Å². The van der Waals surface area contributed by atoms with E-state index in [9.17, 15) is 4.79 Å². The number of nitrogens with two attached hydrogens (primary N) is 1. The molecule has 0 unspecified atom stereocenters. The van der Waals surface area contributed by atoms with Crippen molar-refractivity contribution in [1.82, 2.24) is 4.98 Å². The van der Waals surface area contributed by atoms with Crippen molar-refractivity contribution in [2.75, 3.05) is 5.73 Å². The average Bonchev–Trinajstić information content (AvgIpc) is 2.64. The van der Waals surface area contributed by atoms with Crippen molar-refractivity contribution in [2.24, 2.45) is 0 Å². The van der Waals surface area contributed by atoms with Crippen molar-refractivity contribution >= 4 is 34.7 Å². The maximum atomic E-state index is 11.6. The summed E-state index contributed by atoms with van der Waals surface area (Å²) in [6.45, 7) is 0. The molecule has 0 atom stereocenters. The van der Waals surface area contributed by atoms with Gasteiger partial charge in [0.15, 0.2) is 4.88 Å². The molecule has 4 nitrogen and oxygen atoms in total. The Kier molecular flexibility index (Phi) is 3.07. The highest BCUT2D eigenvalue weighted by atomic mass is 35.5. The van der Waals surface area contributed by atoms with Crippen molar-refractivity contribution in [1.29, 1.82) is 0 Å². The molecule has 1 aromatic carbocycles. The Hall–Kier alpha value is -1.59. The maximum Gasteiger partial charge on any atom is 0.357 e. The summed E-state index contributed by atoms with van der Waals surface area (Å²) >= 11 is 6.90. The minimum absolute atomic E-state index is 0.178. The van der Waals surface area contributed by atoms with E-state index in [0.29, 0.717) is 15.6 Å². The lowest BCUT2D eigenvalue weighted by molar-refractivity contribution is 0.0740. The molecule has 16 heavy (non-hydrogen) atoms. The van der Waals surface area contributed by atoms with Crippen LogP contribution in [0.25, 0.3) is 0 Å². The van der Waals surface area contributed by atoms with Crippen LogP contribution in [0.2, 0.25) is 5.02 Å². The first-order chi connectivity index (χ1) is 7.66. The van der Waals surface area contributed by atoms with Crippen LogP contribution < -0.4 is 10.5 Å². The molecule has 0 saturated heterocycles. The van der Waals surface area contributed by atoms with Crippen LogP contribution >= 0.6 is 22.9 Å². The summed E-state index contributed by atoms with van der Waals surface area (Å²) in [5.41, 5.74) is 6.99. The predicted octanol–water partition coefficient (Wildman–Crippen LogP) is 2.60. The molecule has 0 saturated carbocycles. The van der Waals surface area contributed by atoms with E-state index in [1.54, 1.807) is 24.3 Å². The smallest absolute Gasteiger partial charge is 0.357 e. The van der Waals surface area contributed by atoms with E-state index in [1.807, 2.05) is 0 Å². The number of nitrogens with zero attached hydrogens (tertiary/aromatic N) is 1. The van der Waals surface area contributed by atoms with Crippen molar-refractivity contribution in [3.8, 4) is 5.75 Å². The number of carbonyl (C=O) groups is 1. The van der Waals surface area contributed by atoms with Crippen molar-refractivity contribution in [2.45, 2.75) is 0 Å². The van der Waals surface area contributed by atoms with Crippen LogP contribution in [0.1, 0.15) is 9.67 Å². The van der Waals surface area contributed by atoms with E-state index in [0.717, 1.165) is 11.3 Å². The number of ether oxygens (including phenoxy) is 1. The third kappa shape index (κ3) is 2.32. The van der Waals surface area contributed by atoms with E-state index in [2.05, 4.69) is 4.98 Å². The van der Waals surface area contributed by atoms with E-state index in [1.165, 1.54) is 5.51 Å². The normalized spacial score (nSPS) is 10.1. The highest BCUT2D eigenvalue weighted by Crippen LogP contribution is 2.21. The summed E-state index contributed by atoms with van der Waals surface area (Å²) in [4.78, 5) is 15.7. The first-order valence-corrected chi connectivity index (χ1v) is 5.59. The minimum atomic E-state index is -0.526. The summed E-state index contributed by atoms with van der Waals surface area (Å²) in [6.07, 6.45) is 0. The number of benzene rings is 1. The fourth-order valence-electron chi connectivity index (χ4n) is 1.09. The highest BCUT2D eigenvalue weighted by molar-refractivity contribution is 7.12. The van der Waals surface area contributed by atoms with Gasteiger partial charge in [-0.25, -0.2) is 9.78 Å². The molecule has 0 spiro atoms. The van der Waals surface area contributed by atoms with Crippen molar-refractivity contribution < 1.29 is 9.53 Å². The number of esters is 1. The molecular weight excluding hydrogens is 248 g/mol. The third-order valence-electron chi connectivity index (χ3n) is 1.79. The second-order valence-electron chi connectivity index (χ2n) is 2.91. The molecular formula is C10H7ClN2O2S. The van der Waals surface area contributed by atoms with Gasteiger partial charge in [0.05, 0.1) is 5.51 Å². The van der Waals surface area contributed by atoms with Crippen LogP contribution in [0, 0.1) is 0 Å². The summed E-state index contributed by atoms with van der Waals surface area (Å²) in [7, 11) is 0. The Labute approximate surface area is 101 Å². The van der Waals surface area contributed by atoms with Gasteiger partial charge < -0.3 is 10.5 Å². The van der Waals surface area contributed by atoms with Gasteiger partial charge in [-0.05, 0) is 18.2 Å². The van der Waals surface area contributed by atoms with Crippen molar-refractivity contribution in [3.63, 3.8) is 0 Å². The van der Waals surface area contributed by atoms with Crippen LogP contribution in [0.5, 0.6) is 5.75 Å². The van der Waals surface area contributed by atoms with E-state index >= 15 is 0 Å². The number of aromatic nitrogens is 1. The molecule has 0 bridgehead atoms. The number of rotatable bonds is 2. The zero-order valence-electron chi connectivity index (χ0n) is 8.01. The van der Waals surface area contributed by atoms with Crippen molar-refractivity contribution in [3.05, 3.63) is 39.7 Å². The summed E-state index contributed by atoms with van der Waals surface area (Å²) < 4.78 is 5.09. The van der Waals surface area contributed by atoms with Gasteiger partial charge >= 0.3 is 5.97 Å². The number of hydrogen-bond donors (Lipinski definition) is 1. The Morgan fingerprint density at radius 1 is 1.50 bits per heavy atom. The van der Waals surface area contributed by atoms with Gasteiger partial charge in [0.2, 0.25) is 0 Å². The predicted molar refractivity (Wildman–Crippen MR) is 62.9 cm³/mol. The molecule has 0 radical (unpaired) electrons. The van der Waals surface area contributed by atoms with E-state index < -0.39 is 5.97 Å². The molecule has 0 fully saturated rings. The zero-order chi connectivity index (χ0) is 11.5. The van der Waals surface area contributed by atoms with Crippen LogP contribution in [0.4, 0.5) is 5.82 Å². The molecule has 2 N–H and O–H groups in total. The number of halogens is 1. The lowest BCUT2D eigenvalue weighted by atomic mass is 10.3. The minimum Gasteiger partial charge on any atom is -0.422 e. The number of nitrogen functional groups attached to an aromatic ring is 1. The van der Waals surface area contributed by atoms with Gasteiger partial charge in [0.25, 0.3) is 0 Å². The maximum absolute atomic E-state index is 11.6. The first kappa shape index (κ1) is 10.9. The van der Waals surface area contributed by atoms with E-state index in [-0.39, 0.29) is 5.82 Å². The average molecular weight is 255 g/mol. The molecule has 0 aliphatic heterocycles. The van der Waals surface area contributed by atoms with Gasteiger partial charge in [-0.2, -0.15) is 0 Å². The molecule has 1 heterocycles. The first-order valence-electron chi connectivity index (χ1n) is 4.33. The number of hydrogen-bond acceptors (Lipinski definition) is 5. The van der Waals surface area contributed by atoms with Gasteiger partial charge in [-0.15, -0.1) is 11.3 Å². The Balaban J connectivity index is 2.17. The third-order valence-corrected chi connectivity index (χ3v) is 2.84. The molecule has 1 aromatic heterocycles. The fraction of sp³-hybridized carbons (Fsp3) is 0. The zero-order valence-corrected chi connectivity index (χ0v) is 9.59. The lowest BCUT2D eigenvalue weighted by Gasteiger charge is -2.02. The fourth-order valence-corrected chi connectivity index (χ4v) is 1.85. The van der Waals surface area contributed by atoms with Crippen LogP contribution in [-0.2, 0) is 0 Å². The summed E-state index contributed by atoms with van der Waals surface area (Å²) in [6, 6.07) is 6.58. The molecule has 2 rings (SSSR count). The van der Waals surface area contributed by atoms with Crippen LogP contribution in [0.3, 0.4) is 0 Å². The topological polar surface area (TPSA) is 65.2 Å². The largest absolute Gasteiger partial charge is 0.422 e. The number of carbonyl (C=O) groups excluding carboxylic acids is 1. The quantitative estimate of drug-likeness (QED) is 0.661. The number of anilines is 1. The summed E-state index contributed by atoms with van der Waals surface area (Å²) in [5, 5.41) is 0.502. The lowest BCUT2D eigenvalue weighted by Crippen LogP contribution is -2.08. The molecule has 2 aromatic rings. The monoisotopic (exact) mass is 254 g/mol. The Morgan fingerprint density at radius 3 is 2.94 bits per heavy atom. The molecule has 6 heteroatoms. The second-order valence-corrected chi connectivity index (χ2v) is 4.20. The van der Waals surface area contributed by atoms with Gasteiger partial charge in [0.1, 0.15) is 11.6 Å². The van der Waals surface area contributed by atoms with Gasteiger partial charge in [0, 0.05) is 5.02 Å². The Bertz CT molecular complexity index is 527.